The SMILES string of the molecule is Cc1ccc(N(c2ccc3c(c2)C(C)(C)c2cc(-c4ccc5c(c4)c4ccccc4n5-c4ccccc4)c4oc5ccccc5c4c2-3)c2ccc3c(c2)C(C)(C)c2c4c(c5oc6ccccc6c5c2-3)-c2ccccc2C4(C)C)cc1. The maximum Gasteiger partial charge on any atom is 0.144 e. The molecule has 3 aromatic heterocycles. The van der Waals surface area contributed by atoms with Gasteiger partial charge in [0.2, 0.25) is 0 Å². The Labute approximate surface area is 464 Å². The van der Waals surface area contributed by atoms with Gasteiger partial charge in [-0.2, -0.15) is 0 Å². The Bertz CT molecular complexity index is 5040. The van der Waals surface area contributed by atoms with Crippen molar-refractivity contribution in [1.82, 2.24) is 4.57 Å². The van der Waals surface area contributed by atoms with E-state index in [0.29, 0.717) is 0 Å². The zero-order valence-electron chi connectivity index (χ0n) is 45.9. The van der Waals surface area contributed by atoms with Gasteiger partial charge in [-0.15, -0.1) is 0 Å². The summed E-state index contributed by atoms with van der Waals surface area (Å²) in [6, 6.07) is 78.7. The molecule has 382 valence electrons. The molecule has 0 fully saturated rings. The van der Waals surface area contributed by atoms with E-state index in [1.165, 1.54) is 110 Å². The Hall–Kier alpha value is -9.38. The third kappa shape index (κ3) is 5.85. The van der Waals surface area contributed by atoms with E-state index >= 15 is 0 Å². The summed E-state index contributed by atoms with van der Waals surface area (Å²) in [5.74, 6) is 0. The normalized spacial score (nSPS) is 15.0. The Morgan fingerprint density at radius 2 is 0.900 bits per heavy atom. The number of para-hydroxylation sites is 4. The molecule has 0 unspecified atom stereocenters. The average molecular weight is 1030 g/mol. The molecule has 4 heteroatoms. The number of anilines is 3. The van der Waals surface area contributed by atoms with Gasteiger partial charge in [-0.1, -0.05) is 174 Å². The van der Waals surface area contributed by atoms with Crippen molar-refractivity contribution in [2.24, 2.45) is 0 Å². The second-order valence-electron chi connectivity index (χ2n) is 24.4. The fraction of sp³-hybridized carbons (Fsp3) is 0.132. The first kappa shape index (κ1) is 45.6. The Balaban J connectivity index is 0.851. The molecule has 0 bridgehead atoms. The van der Waals surface area contributed by atoms with Crippen molar-refractivity contribution in [3.63, 3.8) is 0 Å². The summed E-state index contributed by atoms with van der Waals surface area (Å²) in [5, 5.41) is 7.14. The van der Waals surface area contributed by atoms with Crippen LogP contribution < -0.4 is 4.90 Å². The highest BCUT2D eigenvalue weighted by molar-refractivity contribution is 6.22. The number of fused-ring (bicyclic) bond motifs is 22. The standard InChI is InChI=1S/C76H56N2O2/c1-43-29-32-46(33-30-43)77(48-35-37-52-59(41-48)76(6,7)70-66(52)68-54-24-14-18-28-64(54)80-73(68)69-50-22-11-15-25-57(50)75(4,5)71(69)70)47-34-36-51-58(40-47)74(2,3)60-42-55(72-67(65(51)60)53-23-13-17-27-63(53)79-72)44-31-38-62-56(39-44)49-21-12-16-26-61(49)78(62)45-19-9-8-10-20-45/h8-42H,1-7H3. The number of aromatic nitrogens is 1. The molecule has 3 heterocycles. The first-order valence-electron chi connectivity index (χ1n) is 28.2. The molecule has 0 aliphatic heterocycles. The topological polar surface area (TPSA) is 34.5 Å². The number of hydrogen-bond donors (Lipinski definition) is 0. The van der Waals surface area contributed by atoms with Crippen molar-refractivity contribution in [3.8, 4) is 50.2 Å². The number of furan rings is 2. The van der Waals surface area contributed by atoms with Crippen LogP contribution in [0.15, 0.2) is 221 Å². The van der Waals surface area contributed by atoms with Gasteiger partial charge in [0.15, 0.2) is 0 Å². The van der Waals surface area contributed by atoms with Crippen LogP contribution in [0.2, 0.25) is 0 Å². The lowest BCUT2D eigenvalue weighted by Gasteiger charge is -2.32. The van der Waals surface area contributed by atoms with E-state index in [1.807, 2.05) is 0 Å². The minimum Gasteiger partial charge on any atom is -0.455 e. The molecule has 0 spiro atoms. The van der Waals surface area contributed by atoms with Crippen LogP contribution in [0, 0.1) is 6.92 Å². The van der Waals surface area contributed by atoms with E-state index in [2.05, 4.69) is 270 Å². The molecule has 0 atom stereocenters. The highest BCUT2D eigenvalue weighted by Crippen LogP contribution is 2.64. The van der Waals surface area contributed by atoms with Gasteiger partial charge in [-0.05, 0) is 159 Å². The first-order chi connectivity index (χ1) is 38.9. The van der Waals surface area contributed by atoms with Crippen LogP contribution in [0.25, 0.3) is 116 Å². The molecule has 14 aromatic rings. The van der Waals surface area contributed by atoms with E-state index in [9.17, 15) is 0 Å². The second kappa shape index (κ2) is 15.7. The van der Waals surface area contributed by atoms with Crippen molar-refractivity contribution in [1.29, 1.82) is 0 Å². The monoisotopic (exact) mass is 1030 g/mol. The van der Waals surface area contributed by atoms with Crippen molar-refractivity contribution in [2.75, 3.05) is 4.90 Å². The number of nitrogens with zero attached hydrogens (tertiary/aromatic N) is 2. The number of aryl methyl sites for hydroxylation is 1. The molecule has 0 N–H and O–H groups in total. The summed E-state index contributed by atoms with van der Waals surface area (Å²) >= 11 is 0. The summed E-state index contributed by atoms with van der Waals surface area (Å²) in [5.41, 5.74) is 28.9. The van der Waals surface area contributed by atoms with Gasteiger partial charge < -0.3 is 18.3 Å². The van der Waals surface area contributed by atoms with E-state index in [4.69, 9.17) is 8.83 Å². The van der Waals surface area contributed by atoms with Crippen molar-refractivity contribution < 1.29 is 8.83 Å². The molecule has 0 amide bonds. The molecule has 11 aromatic carbocycles. The largest absolute Gasteiger partial charge is 0.455 e. The molecule has 3 aliphatic rings. The summed E-state index contributed by atoms with van der Waals surface area (Å²) in [6.45, 7) is 16.7. The summed E-state index contributed by atoms with van der Waals surface area (Å²) in [7, 11) is 0. The maximum absolute atomic E-state index is 7.06. The zero-order valence-corrected chi connectivity index (χ0v) is 45.9. The third-order valence-electron chi connectivity index (χ3n) is 19.0. The lowest BCUT2D eigenvalue weighted by molar-refractivity contribution is 0.600. The van der Waals surface area contributed by atoms with Crippen molar-refractivity contribution in [2.45, 2.75) is 64.7 Å². The van der Waals surface area contributed by atoms with Gasteiger partial charge >= 0.3 is 0 Å². The molecular weight excluding hydrogens is 973 g/mol. The molecule has 80 heavy (non-hydrogen) atoms. The fourth-order valence-electron chi connectivity index (χ4n) is 15.2. The maximum atomic E-state index is 7.06. The van der Waals surface area contributed by atoms with E-state index in [-0.39, 0.29) is 16.2 Å². The Morgan fingerprint density at radius 1 is 0.362 bits per heavy atom. The van der Waals surface area contributed by atoms with Crippen LogP contribution in [0.4, 0.5) is 17.1 Å². The minimum absolute atomic E-state index is 0.235. The highest BCUT2D eigenvalue weighted by Gasteiger charge is 2.49. The van der Waals surface area contributed by atoms with Gasteiger partial charge in [0.05, 0.1) is 11.0 Å². The molecule has 4 nitrogen and oxygen atoms in total. The van der Waals surface area contributed by atoms with E-state index < -0.39 is 0 Å². The minimum atomic E-state index is -0.362. The second-order valence-corrected chi connectivity index (χ2v) is 24.4. The van der Waals surface area contributed by atoms with Gasteiger partial charge in [-0.3, -0.25) is 0 Å². The van der Waals surface area contributed by atoms with Gasteiger partial charge in [0.1, 0.15) is 22.3 Å². The van der Waals surface area contributed by atoms with Gasteiger partial charge in [0.25, 0.3) is 0 Å². The van der Waals surface area contributed by atoms with Crippen LogP contribution in [0.3, 0.4) is 0 Å². The first-order valence-corrected chi connectivity index (χ1v) is 28.2. The van der Waals surface area contributed by atoms with Gasteiger partial charge in [-0.25, -0.2) is 0 Å². The lowest BCUT2D eigenvalue weighted by atomic mass is 9.72. The van der Waals surface area contributed by atoms with Crippen LogP contribution in [0.1, 0.15) is 80.5 Å². The zero-order chi connectivity index (χ0) is 53.7. The van der Waals surface area contributed by atoms with Crippen molar-refractivity contribution in [3.05, 3.63) is 251 Å². The third-order valence-corrected chi connectivity index (χ3v) is 19.0. The molecular formula is C76H56N2O2. The van der Waals surface area contributed by atoms with Crippen molar-refractivity contribution >= 4 is 82.7 Å². The van der Waals surface area contributed by atoms with Crippen LogP contribution in [-0.2, 0) is 16.2 Å². The Kier molecular flexibility index (Phi) is 8.94. The molecule has 0 saturated heterocycles. The Morgan fingerprint density at radius 3 is 1.62 bits per heavy atom. The summed E-state index contributed by atoms with van der Waals surface area (Å²) < 4.78 is 16.5. The molecule has 3 aliphatic carbocycles. The number of hydrogen-bond acceptors (Lipinski definition) is 3. The predicted molar refractivity (Wildman–Crippen MR) is 333 cm³/mol. The summed E-state index contributed by atoms with van der Waals surface area (Å²) in [6.07, 6.45) is 0. The fourth-order valence-corrected chi connectivity index (χ4v) is 15.2. The molecule has 0 saturated carbocycles. The van der Waals surface area contributed by atoms with Gasteiger partial charge in [0, 0.05) is 82.4 Å². The number of benzene rings is 11. The van der Waals surface area contributed by atoms with E-state index in [0.717, 1.165) is 61.6 Å². The average Bonchev–Trinajstić information content (AvgIpc) is 4.44. The summed E-state index contributed by atoms with van der Waals surface area (Å²) in [4.78, 5) is 2.49. The quantitative estimate of drug-likeness (QED) is 0.172. The number of rotatable bonds is 5. The van der Waals surface area contributed by atoms with E-state index in [1.54, 1.807) is 0 Å². The predicted octanol–water partition coefficient (Wildman–Crippen LogP) is 20.9. The lowest BCUT2D eigenvalue weighted by Crippen LogP contribution is -2.24. The smallest absolute Gasteiger partial charge is 0.144 e. The molecule has 17 rings (SSSR count). The highest BCUT2D eigenvalue weighted by atomic mass is 16.3. The van der Waals surface area contributed by atoms with Crippen LogP contribution >= 0.6 is 0 Å². The van der Waals surface area contributed by atoms with Crippen LogP contribution in [-0.4, -0.2) is 4.57 Å². The van der Waals surface area contributed by atoms with Crippen LogP contribution in [0.5, 0.6) is 0 Å². The molecule has 0 radical (unpaired) electrons.